The van der Waals surface area contributed by atoms with Gasteiger partial charge < -0.3 is 9.14 Å². The molecule has 2 heterocycles. The summed E-state index contributed by atoms with van der Waals surface area (Å²) < 4.78 is 21.8. The molecule has 0 bridgehead atoms. The molecule has 0 aliphatic rings. The number of hydrogen-bond donors (Lipinski definition) is 0. The fourth-order valence-corrected chi connectivity index (χ4v) is 2.61. The number of rotatable bonds is 4. The Kier molecular flexibility index (Phi) is 4.61. The van der Waals surface area contributed by atoms with Crippen LogP contribution in [0.5, 0.6) is 0 Å². The molecule has 0 spiro atoms. The average Bonchev–Trinajstić information content (AvgIpc) is 2.98. The molecule has 2 aromatic heterocycles. The van der Waals surface area contributed by atoms with Crippen molar-refractivity contribution in [3.05, 3.63) is 59.4 Å². The van der Waals surface area contributed by atoms with Gasteiger partial charge in [0, 0.05) is 41.0 Å². The molecule has 25 heavy (non-hydrogen) atoms. The molecule has 0 aliphatic carbocycles. The Balaban J connectivity index is 2.10. The van der Waals surface area contributed by atoms with Crippen molar-refractivity contribution in [1.29, 1.82) is 0 Å². The average molecular weight is 339 g/mol. The molecule has 0 atom stereocenters. The number of nitrogens with zero attached hydrogens (tertiary/aromatic N) is 3. The first-order chi connectivity index (χ1) is 12.0. The topological polar surface area (TPSA) is 56.5 Å². The molecule has 0 N–H and O–H groups in total. The largest absolute Gasteiger partial charge is 0.463 e. The van der Waals surface area contributed by atoms with Crippen LogP contribution in [0.2, 0.25) is 0 Å². The lowest BCUT2D eigenvalue weighted by atomic mass is 10.0. The van der Waals surface area contributed by atoms with Crippen molar-refractivity contribution in [1.82, 2.24) is 14.4 Å². The molecule has 3 aromatic rings. The number of imidazole rings is 1. The fraction of sp³-hybridized carbons (Fsp3) is 0.211. The number of benzene rings is 1. The van der Waals surface area contributed by atoms with Crippen molar-refractivity contribution >= 4 is 17.7 Å². The van der Waals surface area contributed by atoms with Gasteiger partial charge in [0.05, 0.1) is 6.61 Å². The molecule has 5 nitrogen and oxygen atoms in total. The smallest absolute Gasteiger partial charge is 0.333 e. The monoisotopic (exact) mass is 339 g/mol. The van der Waals surface area contributed by atoms with Crippen LogP contribution in [0.15, 0.2) is 42.4 Å². The Labute approximate surface area is 144 Å². The van der Waals surface area contributed by atoms with Gasteiger partial charge in [0.25, 0.3) is 0 Å². The highest BCUT2D eigenvalue weighted by Gasteiger charge is 2.15. The van der Waals surface area contributed by atoms with Crippen LogP contribution in [0, 0.1) is 12.7 Å². The van der Waals surface area contributed by atoms with Gasteiger partial charge in [0.2, 0.25) is 0 Å². The summed E-state index contributed by atoms with van der Waals surface area (Å²) in [4.78, 5) is 20.4. The second-order valence-electron chi connectivity index (χ2n) is 5.63. The van der Waals surface area contributed by atoms with E-state index in [-0.39, 0.29) is 6.61 Å². The number of carbonyl (C=O) groups is 1. The minimum atomic E-state index is -0.462. The minimum absolute atomic E-state index is 0.275. The first-order valence-electron chi connectivity index (χ1n) is 7.96. The number of halogens is 1. The lowest BCUT2D eigenvalue weighted by Gasteiger charge is -2.08. The normalized spacial score (nSPS) is 11.8. The summed E-state index contributed by atoms with van der Waals surface area (Å²) in [7, 11) is 0. The van der Waals surface area contributed by atoms with Crippen LogP contribution in [-0.2, 0) is 9.53 Å². The zero-order valence-electron chi connectivity index (χ0n) is 14.3. The molecule has 128 valence electrons. The van der Waals surface area contributed by atoms with E-state index in [9.17, 15) is 4.79 Å². The molecular weight excluding hydrogens is 321 g/mol. The quantitative estimate of drug-likeness (QED) is 0.536. The van der Waals surface area contributed by atoms with E-state index in [1.807, 2.05) is 11.3 Å². The zero-order valence-corrected chi connectivity index (χ0v) is 14.3. The van der Waals surface area contributed by atoms with Crippen molar-refractivity contribution < 1.29 is 13.9 Å². The van der Waals surface area contributed by atoms with E-state index in [0.717, 1.165) is 5.69 Å². The van der Waals surface area contributed by atoms with Gasteiger partial charge in [0.1, 0.15) is 11.5 Å². The third-order valence-electron chi connectivity index (χ3n) is 3.87. The summed E-state index contributed by atoms with van der Waals surface area (Å²) in [6.45, 7) is 5.52. The highest BCUT2D eigenvalue weighted by Crippen LogP contribution is 2.27. The van der Waals surface area contributed by atoms with Crippen molar-refractivity contribution in [2.45, 2.75) is 20.8 Å². The van der Waals surface area contributed by atoms with Crippen molar-refractivity contribution in [3.63, 3.8) is 0 Å². The van der Waals surface area contributed by atoms with E-state index >= 15 is 4.39 Å². The van der Waals surface area contributed by atoms with Gasteiger partial charge >= 0.3 is 5.97 Å². The number of fused-ring (bicyclic) bond motifs is 1. The highest BCUT2D eigenvalue weighted by atomic mass is 19.1. The summed E-state index contributed by atoms with van der Waals surface area (Å²) in [5, 5.41) is 0. The van der Waals surface area contributed by atoms with Crippen LogP contribution in [-0.4, -0.2) is 26.9 Å². The van der Waals surface area contributed by atoms with Crippen LogP contribution in [0.1, 0.15) is 25.1 Å². The Morgan fingerprint density at radius 3 is 2.92 bits per heavy atom. The summed E-state index contributed by atoms with van der Waals surface area (Å²) >= 11 is 0. The molecule has 0 radical (unpaired) electrons. The first-order valence-corrected chi connectivity index (χ1v) is 7.96. The predicted molar refractivity (Wildman–Crippen MR) is 93.4 cm³/mol. The minimum Gasteiger partial charge on any atom is -0.463 e. The Morgan fingerprint density at radius 2 is 2.16 bits per heavy atom. The van der Waals surface area contributed by atoms with E-state index in [0.29, 0.717) is 28.0 Å². The summed E-state index contributed by atoms with van der Waals surface area (Å²) in [6, 6.07) is 4.99. The lowest BCUT2D eigenvalue weighted by molar-refractivity contribution is -0.138. The SMILES string of the molecule is CCOC(=O)/C(C)=C/c1cccc(-c2nccn3c(C)cnc23)c1F. The third-order valence-corrected chi connectivity index (χ3v) is 3.87. The van der Waals surface area contributed by atoms with Gasteiger partial charge in [-0.15, -0.1) is 0 Å². The Hall–Kier alpha value is -3.02. The molecule has 0 saturated carbocycles. The molecule has 0 unspecified atom stereocenters. The van der Waals surface area contributed by atoms with Crippen LogP contribution in [0.4, 0.5) is 4.39 Å². The van der Waals surface area contributed by atoms with Gasteiger partial charge in [-0.2, -0.15) is 0 Å². The van der Waals surface area contributed by atoms with Crippen LogP contribution in [0.25, 0.3) is 23.0 Å². The number of esters is 1. The second kappa shape index (κ2) is 6.84. The maximum Gasteiger partial charge on any atom is 0.333 e. The molecule has 0 aliphatic heterocycles. The first kappa shape index (κ1) is 16.8. The second-order valence-corrected chi connectivity index (χ2v) is 5.63. The fourth-order valence-electron chi connectivity index (χ4n) is 2.61. The summed E-state index contributed by atoms with van der Waals surface area (Å²) in [5.74, 6) is -0.913. The molecule has 6 heteroatoms. The molecule has 0 saturated heterocycles. The standard InChI is InChI=1S/C19H18FN3O2/c1-4-25-19(24)12(2)10-14-6-5-7-15(16(14)20)17-18-22-11-13(3)23(18)9-8-21-17/h5-11H,4H2,1-3H3/b12-10+. The zero-order chi connectivity index (χ0) is 18.0. The Bertz CT molecular complexity index is 976. The van der Waals surface area contributed by atoms with Crippen LogP contribution in [0.3, 0.4) is 0 Å². The number of ether oxygens (including phenoxy) is 1. The molecule has 3 rings (SSSR count). The van der Waals surface area contributed by atoms with Gasteiger partial charge in [0.15, 0.2) is 5.65 Å². The predicted octanol–water partition coefficient (Wildman–Crippen LogP) is 3.81. The highest BCUT2D eigenvalue weighted by molar-refractivity contribution is 5.93. The van der Waals surface area contributed by atoms with Gasteiger partial charge in [-0.05, 0) is 32.9 Å². The number of aromatic nitrogens is 3. The van der Waals surface area contributed by atoms with Crippen molar-refractivity contribution in [2.24, 2.45) is 0 Å². The molecule has 0 fully saturated rings. The van der Waals surface area contributed by atoms with Gasteiger partial charge in [-0.1, -0.05) is 12.1 Å². The maximum atomic E-state index is 15.0. The van der Waals surface area contributed by atoms with E-state index in [4.69, 9.17) is 4.74 Å². The van der Waals surface area contributed by atoms with Crippen molar-refractivity contribution in [2.75, 3.05) is 6.61 Å². The molecule has 0 amide bonds. The lowest BCUT2D eigenvalue weighted by Crippen LogP contribution is -2.05. The van der Waals surface area contributed by atoms with Gasteiger partial charge in [-0.25, -0.2) is 14.2 Å². The van der Waals surface area contributed by atoms with Crippen LogP contribution < -0.4 is 0 Å². The van der Waals surface area contributed by atoms with E-state index in [2.05, 4.69) is 9.97 Å². The maximum absolute atomic E-state index is 15.0. The van der Waals surface area contributed by atoms with Crippen LogP contribution >= 0.6 is 0 Å². The number of aryl methyl sites for hydroxylation is 1. The van der Waals surface area contributed by atoms with E-state index in [1.54, 1.807) is 50.6 Å². The third kappa shape index (κ3) is 3.15. The number of hydrogen-bond acceptors (Lipinski definition) is 4. The van der Waals surface area contributed by atoms with E-state index < -0.39 is 11.8 Å². The Morgan fingerprint density at radius 1 is 1.36 bits per heavy atom. The van der Waals surface area contributed by atoms with Gasteiger partial charge in [-0.3, -0.25) is 4.98 Å². The van der Waals surface area contributed by atoms with Crippen molar-refractivity contribution in [3.8, 4) is 11.3 Å². The summed E-state index contributed by atoms with van der Waals surface area (Å²) in [5.41, 5.74) is 2.95. The number of carbonyl (C=O) groups excluding carboxylic acids is 1. The molecular formula is C19H18FN3O2. The molecule has 1 aromatic carbocycles. The summed E-state index contributed by atoms with van der Waals surface area (Å²) in [6.07, 6.45) is 6.59. The van der Waals surface area contributed by atoms with E-state index in [1.165, 1.54) is 6.08 Å².